The molecule has 0 fully saturated rings. The van der Waals surface area contributed by atoms with Gasteiger partial charge in [-0.25, -0.2) is 4.98 Å². The Morgan fingerprint density at radius 3 is 2.75 bits per heavy atom. The van der Waals surface area contributed by atoms with E-state index in [0.717, 1.165) is 16.6 Å². The molecule has 0 aliphatic heterocycles. The number of para-hydroxylation sites is 2. The smallest absolute Gasteiger partial charge is 0.277 e. The molecule has 2 heterocycles. The van der Waals surface area contributed by atoms with Crippen molar-refractivity contribution in [1.82, 2.24) is 20.2 Å². The number of aromatic nitrogens is 4. The van der Waals surface area contributed by atoms with E-state index in [9.17, 15) is 4.79 Å². The minimum Gasteiger partial charge on any atom is -0.411 e. The van der Waals surface area contributed by atoms with Crippen LogP contribution >= 0.6 is 11.8 Å². The highest BCUT2D eigenvalue weighted by molar-refractivity contribution is 7.99. The van der Waals surface area contributed by atoms with E-state index in [1.807, 2.05) is 54.6 Å². The number of nitrogens with zero attached hydrogens (tertiary/aromatic N) is 3. The van der Waals surface area contributed by atoms with Crippen LogP contribution in [-0.4, -0.2) is 31.8 Å². The summed E-state index contributed by atoms with van der Waals surface area (Å²) in [5, 5.41) is 11.0. The van der Waals surface area contributed by atoms with Crippen LogP contribution in [-0.2, 0) is 4.79 Å². The molecule has 0 aliphatic carbocycles. The van der Waals surface area contributed by atoms with Crippen LogP contribution in [0.15, 0.2) is 76.0 Å². The number of carbonyl (C=O) groups is 1. The molecule has 28 heavy (non-hydrogen) atoms. The standard InChI is InChI=1S/C19H16N6O2S/c20-13(10-16(26)23-18-21-14-8-4-5-9-15(14)22-18)11-28-19-25-24-17(27-19)12-6-2-1-3-7-12/h1-10H,11,20H2,(H2,21,22,23,26)/b13-10-. The van der Waals surface area contributed by atoms with Gasteiger partial charge in [0.05, 0.1) is 11.0 Å². The number of anilines is 1. The van der Waals surface area contributed by atoms with Crippen LogP contribution in [0.1, 0.15) is 0 Å². The fourth-order valence-electron chi connectivity index (χ4n) is 2.49. The van der Waals surface area contributed by atoms with Crippen LogP contribution in [0.25, 0.3) is 22.5 Å². The van der Waals surface area contributed by atoms with Gasteiger partial charge in [0.25, 0.3) is 11.1 Å². The van der Waals surface area contributed by atoms with Crippen molar-refractivity contribution in [2.45, 2.75) is 5.22 Å². The Kier molecular flexibility index (Phi) is 5.07. The molecule has 140 valence electrons. The fraction of sp³-hybridized carbons (Fsp3) is 0.0526. The zero-order chi connectivity index (χ0) is 19.3. The Balaban J connectivity index is 1.34. The van der Waals surface area contributed by atoms with Crippen molar-refractivity contribution < 1.29 is 9.21 Å². The number of imidazole rings is 1. The molecule has 0 spiro atoms. The molecule has 2 aromatic heterocycles. The average Bonchev–Trinajstić information content (AvgIpc) is 3.33. The summed E-state index contributed by atoms with van der Waals surface area (Å²) in [5.41, 5.74) is 8.76. The first-order valence-corrected chi connectivity index (χ1v) is 9.39. The topological polar surface area (TPSA) is 123 Å². The molecule has 2 aromatic carbocycles. The lowest BCUT2D eigenvalue weighted by Gasteiger charge is -2.00. The average molecular weight is 392 g/mol. The van der Waals surface area contributed by atoms with Crippen molar-refractivity contribution in [3.8, 4) is 11.5 Å². The van der Waals surface area contributed by atoms with E-state index < -0.39 is 0 Å². The van der Waals surface area contributed by atoms with E-state index in [2.05, 4.69) is 25.5 Å². The number of benzene rings is 2. The molecule has 0 atom stereocenters. The number of nitrogens with one attached hydrogen (secondary N) is 2. The second kappa shape index (κ2) is 7.97. The van der Waals surface area contributed by atoms with Gasteiger partial charge in [0, 0.05) is 23.1 Å². The van der Waals surface area contributed by atoms with Crippen molar-refractivity contribution in [2.75, 3.05) is 11.1 Å². The van der Waals surface area contributed by atoms with Crippen molar-refractivity contribution in [3.05, 3.63) is 66.4 Å². The van der Waals surface area contributed by atoms with E-state index in [-0.39, 0.29) is 5.91 Å². The van der Waals surface area contributed by atoms with Gasteiger partial charge in [-0.1, -0.05) is 42.1 Å². The first-order valence-electron chi connectivity index (χ1n) is 8.41. The zero-order valence-electron chi connectivity index (χ0n) is 14.6. The molecular formula is C19H16N6O2S. The number of aromatic amines is 1. The monoisotopic (exact) mass is 392 g/mol. The van der Waals surface area contributed by atoms with Crippen LogP contribution in [0.4, 0.5) is 5.95 Å². The summed E-state index contributed by atoms with van der Waals surface area (Å²) in [4.78, 5) is 19.4. The molecule has 4 N–H and O–H groups in total. The van der Waals surface area contributed by atoms with Gasteiger partial charge in [-0.15, -0.1) is 10.2 Å². The highest BCUT2D eigenvalue weighted by Crippen LogP contribution is 2.23. The second-order valence-electron chi connectivity index (χ2n) is 5.84. The second-order valence-corrected chi connectivity index (χ2v) is 6.77. The van der Waals surface area contributed by atoms with Gasteiger partial charge >= 0.3 is 0 Å². The van der Waals surface area contributed by atoms with Gasteiger partial charge in [0.1, 0.15) is 0 Å². The number of hydrogen-bond acceptors (Lipinski definition) is 7. The van der Waals surface area contributed by atoms with Crippen LogP contribution < -0.4 is 11.1 Å². The molecule has 9 heteroatoms. The largest absolute Gasteiger partial charge is 0.411 e. The maximum atomic E-state index is 12.1. The lowest BCUT2D eigenvalue weighted by Crippen LogP contribution is -2.13. The Morgan fingerprint density at radius 1 is 1.14 bits per heavy atom. The van der Waals surface area contributed by atoms with E-state index in [4.69, 9.17) is 10.2 Å². The Morgan fingerprint density at radius 2 is 1.93 bits per heavy atom. The number of nitrogens with two attached hydrogens (primary N) is 1. The Bertz CT molecular complexity index is 1100. The van der Waals surface area contributed by atoms with Gasteiger partial charge in [-0.05, 0) is 24.3 Å². The third kappa shape index (κ3) is 4.21. The maximum Gasteiger partial charge on any atom is 0.277 e. The zero-order valence-corrected chi connectivity index (χ0v) is 15.4. The number of carbonyl (C=O) groups excluding carboxylic acids is 1. The summed E-state index contributed by atoms with van der Waals surface area (Å²) in [5.74, 6) is 0.775. The van der Waals surface area contributed by atoms with Crippen molar-refractivity contribution in [3.63, 3.8) is 0 Å². The van der Waals surface area contributed by atoms with Gasteiger partial charge in [0.15, 0.2) is 0 Å². The quantitative estimate of drug-likeness (QED) is 0.340. The first kappa shape index (κ1) is 17.8. The number of hydrogen-bond donors (Lipinski definition) is 3. The molecule has 4 rings (SSSR count). The molecule has 8 nitrogen and oxygen atoms in total. The van der Waals surface area contributed by atoms with Crippen LogP contribution in [0.3, 0.4) is 0 Å². The molecule has 0 unspecified atom stereocenters. The van der Waals surface area contributed by atoms with Crippen molar-refractivity contribution in [1.29, 1.82) is 0 Å². The van der Waals surface area contributed by atoms with Crippen molar-refractivity contribution in [2.24, 2.45) is 5.73 Å². The van der Waals surface area contributed by atoms with Gasteiger partial charge in [0.2, 0.25) is 11.8 Å². The highest BCUT2D eigenvalue weighted by atomic mass is 32.2. The highest BCUT2D eigenvalue weighted by Gasteiger charge is 2.10. The first-order chi connectivity index (χ1) is 13.7. The lowest BCUT2D eigenvalue weighted by molar-refractivity contribution is -0.112. The summed E-state index contributed by atoms with van der Waals surface area (Å²) in [6.07, 6.45) is 1.31. The third-order valence-corrected chi connectivity index (χ3v) is 4.63. The predicted octanol–water partition coefficient (Wildman–Crippen LogP) is 3.19. The molecule has 1 amide bonds. The minimum atomic E-state index is -0.368. The molecule has 0 radical (unpaired) electrons. The number of amides is 1. The summed E-state index contributed by atoms with van der Waals surface area (Å²) >= 11 is 1.26. The van der Waals surface area contributed by atoms with Crippen LogP contribution in [0.5, 0.6) is 0 Å². The summed E-state index contributed by atoms with van der Waals surface area (Å²) in [7, 11) is 0. The Labute approximate surface area is 164 Å². The van der Waals surface area contributed by atoms with E-state index >= 15 is 0 Å². The number of fused-ring (bicyclic) bond motifs is 1. The predicted molar refractivity (Wildman–Crippen MR) is 107 cm³/mol. The van der Waals surface area contributed by atoms with Gasteiger partial charge in [-0.3, -0.25) is 10.1 Å². The summed E-state index contributed by atoms with van der Waals surface area (Å²) < 4.78 is 5.60. The van der Waals surface area contributed by atoms with E-state index in [0.29, 0.717) is 28.5 Å². The van der Waals surface area contributed by atoms with Crippen LogP contribution in [0.2, 0.25) is 0 Å². The van der Waals surface area contributed by atoms with E-state index in [1.165, 1.54) is 17.8 Å². The van der Waals surface area contributed by atoms with E-state index in [1.54, 1.807) is 0 Å². The Hall–Kier alpha value is -3.59. The van der Waals surface area contributed by atoms with Crippen molar-refractivity contribution >= 4 is 34.7 Å². The molecule has 0 bridgehead atoms. The van der Waals surface area contributed by atoms with Crippen LogP contribution in [0, 0.1) is 0 Å². The number of H-pyrrole nitrogens is 1. The summed E-state index contributed by atoms with van der Waals surface area (Å²) in [6.45, 7) is 0. The molecule has 4 aromatic rings. The number of rotatable bonds is 6. The lowest BCUT2D eigenvalue weighted by atomic mass is 10.2. The molecule has 0 saturated carbocycles. The number of thioether (sulfide) groups is 1. The van der Waals surface area contributed by atoms with Gasteiger partial charge in [-0.2, -0.15) is 0 Å². The molecule has 0 aliphatic rings. The normalized spacial score (nSPS) is 11.6. The maximum absolute atomic E-state index is 12.1. The minimum absolute atomic E-state index is 0.337. The SMILES string of the molecule is N/C(=C\C(=O)Nc1nc2ccccc2[nH]1)CSc1nnc(-c2ccccc2)o1. The third-order valence-electron chi connectivity index (χ3n) is 3.74. The fourth-order valence-corrected chi connectivity index (χ4v) is 3.10. The van der Waals surface area contributed by atoms with Gasteiger partial charge < -0.3 is 15.1 Å². The summed E-state index contributed by atoms with van der Waals surface area (Å²) in [6, 6.07) is 17.0. The molecule has 0 saturated heterocycles. The molecular weight excluding hydrogens is 376 g/mol.